The van der Waals surface area contributed by atoms with Gasteiger partial charge in [0.25, 0.3) is 5.91 Å². The van der Waals surface area contributed by atoms with Crippen LogP contribution in [0, 0.1) is 5.82 Å². The highest BCUT2D eigenvalue weighted by molar-refractivity contribution is 7.95. The number of anilines is 2. The lowest BCUT2D eigenvalue weighted by molar-refractivity contribution is 0.100. The summed E-state index contributed by atoms with van der Waals surface area (Å²) in [4.78, 5) is 16.8. The summed E-state index contributed by atoms with van der Waals surface area (Å²) in [5.74, 6) is 0.315. The summed E-state index contributed by atoms with van der Waals surface area (Å²) in [5, 5.41) is 7.28. The number of fused-ring (bicyclic) bond motifs is 1. The average molecular weight is 480 g/mol. The summed E-state index contributed by atoms with van der Waals surface area (Å²) in [6.45, 7) is 1.01. The molecular formula is C20H19ClFN5O4S. The molecule has 2 aliphatic heterocycles. The lowest BCUT2D eigenvalue weighted by Crippen LogP contribution is -2.24. The maximum atomic E-state index is 13.9. The van der Waals surface area contributed by atoms with E-state index in [1.165, 1.54) is 35.2 Å². The maximum Gasteiger partial charge on any atom is 0.288 e. The van der Waals surface area contributed by atoms with Crippen molar-refractivity contribution in [3.63, 3.8) is 0 Å². The van der Waals surface area contributed by atoms with Crippen molar-refractivity contribution in [2.75, 3.05) is 30.0 Å². The summed E-state index contributed by atoms with van der Waals surface area (Å²) in [6, 6.07) is 4.10. The molecule has 1 N–H and O–H groups in total. The second-order valence-corrected chi connectivity index (χ2v) is 10.5. The van der Waals surface area contributed by atoms with Crippen molar-refractivity contribution in [2.24, 2.45) is 4.36 Å². The number of carbonyl (C=O) groups is 1. The van der Waals surface area contributed by atoms with Crippen molar-refractivity contribution in [1.29, 1.82) is 0 Å². The van der Waals surface area contributed by atoms with Crippen molar-refractivity contribution in [2.45, 2.75) is 18.9 Å². The number of nitrogens with zero attached hydrogens (tertiary/aromatic N) is 4. The second-order valence-electron chi connectivity index (χ2n) is 7.56. The van der Waals surface area contributed by atoms with Crippen molar-refractivity contribution in [3.8, 4) is 5.75 Å². The van der Waals surface area contributed by atoms with Crippen LogP contribution in [0.5, 0.6) is 5.75 Å². The minimum atomic E-state index is -2.48. The molecule has 2 aromatic heterocycles. The van der Waals surface area contributed by atoms with Crippen LogP contribution in [0.1, 0.15) is 23.2 Å². The molecule has 1 atom stereocenters. The lowest BCUT2D eigenvalue weighted by atomic mass is 10.2. The highest BCUT2D eigenvalue weighted by atomic mass is 35.5. The topological polar surface area (TPSA) is 107 Å². The predicted molar refractivity (Wildman–Crippen MR) is 117 cm³/mol. The van der Waals surface area contributed by atoms with E-state index in [1.807, 2.05) is 0 Å². The normalized spacial score (nSPS) is 19.5. The van der Waals surface area contributed by atoms with E-state index in [0.717, 1.165) is 6.42 Å². The van der Waals surface area contributed by atoms with Gasteiger partial charge in [-0.15, -0.1) is 0 Å². The van der Waals surface area contributed by atoms with E-state index in [0.29, 0.717) is 48.1 Å². The van der Waals surface area contributed by atoms with Crippen LogP contribution in [0.3, 0.4) is 0 Å². The first kappa shape index (κ1) is 21.1. The Balaban J connectivity index is 1.50. The van der Waals surface area contributed by atoms with Crippen LogP contribution in [-0.2, 0) is 14.5 Å². The van der Waals surface area contributed by atoms with Crippen LogP contribution in [0.2, 0.25) is 5.02 Å². The number of hydrogen-bond donors (Lipinski definition) is 1. The van der Waals surface area contributed by atoms with Gasteiger partial charge in [-0.1, -0.05) is 11.6 Å². The highest BCUT2D eigenvalue weighted by Crippen LogP contribution is 2.34. The highest BCUT2D eigenvalue weighted by Gasteiger charge is 2.25. The van der Waals surface area contributed by atoms with E-state index in [4.69, 9.17) is 21.1 Å². The molecule has 168 valence electrons. The zero-order chi connectivity index (χ0) is 22.3. The van der Waals surface area contributed by atoms with Crippen LogP contribution in [-0.4, -0.2) is 55.5 Å². The van der Waals surface area contributed by atoms with Gasteiger partial charge in [-0.3, -0.25) is 4.79 Å². The van der Waals surface area contributed by atoms with Crippen molar-refractivity contribution < 1.29 is 22.9 Å². The number of amides is 1. The third-order valence-electron chi connectivity index (χ3n) is 5.30. The van der Waals surface area contributed by atoms with Gasteiger partial charge in [-0.25, -0.2) is 18.1 Å². The van der Waals surface area contributed by atoms with Gasteiger partial charge in [0.05, 0.1) is 39.2 Å². The number of nitrogens with one attached hydrogen (secondary N) is 1. The van der Waals surface area contributed by atoms with E-state index >= 15 is 0 Å². The molecule has 1 amide bonds. The Kier molecular flexibility index (Phi) is 5.48. The number of rotatable bonds is 5. The largest absolute Gasteiger partial charge is 0.486 e. The summed E-state index contributed by atoms with van der Waals surface area (Å²) in [7, 11) is -2.48. The molecule has 0 saturated carbocycles. The molecule has 12 heteroatoms. The van der Waals surface area contributed by atoms with Crippen molar-refractivity contribution in [1.82, 2.24) is 14.6 Å². The van der Waals surface area contributed by atoms with E-state index in [1.54, 1.807) is 0 Å². The number of benzene rings is 1. The summed E-state index contributed by atoms with van der Waals surface area (Å²) in [6.07, 6.45) is 4.03. The Bertz CT molecular complexity index is 1320. The Morgan fingerprint density at radius 1 is 1.41 bits per heavy atom. The molecule has 2 saturated heterocycles. The zero-order valence-electron chi connectivity index (χ0n) is 16.8. The van der Waals surface area contributed by atoms with Gasteiger partial charge in [0.1, 0.15) is 29.5 Å². The Morgan fingerprint density at radius 2 is 2.25 bits per heavy atom. The first-order valence-corrected chi connectivity index (χ1v) is 12.2. The quantitative estimate of drug-likeness (QED) is 0.597. The summed E-state index contributed by atoms with van der Waals surface area (Å²) in [5.41, 5.74) is 0.880. The fourth-order valence-corrected chi connectivity index (χ4v) is 5.18. The molecule has 9 nitrogen and oxygen atoms in total. The van der Waals surface area contributed by atoms with Crippen LogP contribution >= 0.6 is 11.6 Å². The van der Waals surface area contributed by atoms with Crippen LogP contribution < -0.4 is 10.1 Å². The smallest absolute Gasteiger partial charge is 0.288 e. The third kappa shape index (κ3) is 4.03. The molecule has 5 rings (SSSR count). The average Bonchev–Trinajstić information content (AvgIpc) is 3.37. The minimum absolute atomic E-state index is 0.0814. The van der Waals surface area contributed by atoms with Gasteiger partial charge in [0.15, 0.2) is 5.82 Å². The molecule has 0 bridgehead atoms. The summed E-state index contributed by atoms with van der Waals surface area (Å²) < 4.78 is 42.7. The van der Waals surface area contributed by atoms with Gasteiger partial charge >= 0.3 is 0 Å². The van der Waals surface area contributed by atoms with Crippen LogP contribution in [0.4, 0.5) is 15.9 Å². The lowest BCUT2D eigenvalue weighted by Gasteiger charge is -2.17. The molecule has 0 radical (unpaired) electrons. The van der Waals surface area contributed by atoms with Gasteiger partial charge < -0.3 is 14.8 Å². The first-order valence-electron chi connectivity index (χ1n) is 10.0. The minimum Gasteiger partial charge on any atom is -0.486 e. The van der Waals surface area contributed by atoms with E-state index in [-0.39, 0.29) is 22.5 Å². The van der Waals surface area contributed by atoms with E-state index in [9.17, 15) is 13.4 Å². The molecule has 4 heterocycles. The van der Waals surface area contributed by atoms with E-state index < -0.39 is 21.5 Å². The zero-order valence-corrected chi connectivity index (χ0v) is 18.4. The van der Waals surface area contributed by atoms with Crippen molar-refractivity contribution >= 4 is 44.3 Å². The number of aromatic nitrogens is 3. The summed E-state index contributed by atoms with van der Waals surface area (Å²) >= 11 is 6.49. The number of ether oxygens (including phenoxy) is 2. The molecule has 32 heavy (non-hydrogen) atoms. The number of hydrogen-bond acceptors (Lipinski definition) is 7. The Morgan fingerprint density at radius 3 is 2.97 bits per heavy atom. The molecule has 0 unspecified atom stereocenters. The molecular weight excluding hydrogens is 461 g/mol. The molecule has 0 aliphatic carbocycles. The first-order chi connectivity index (χ1) is 15.4. The SMILES string of the molecule is O=C(N=S1(=O)CCC1)c1cn2ncnc(Nc3ccc(F)cc3O[C@H]3CCOC3)c2c1Cl. The van der Waals surface area contributed by atoms with Crippen LogP contribution in [0.25, 0.3) is 5.52 Å². The number of halogens is 2. The van der Waals surface area contributed by atoms with Gasteiger partial charge in [-0.05, 0) is 18.6 Å². The standard InChI is InChI=1S/C20H19ClFN5O4S/c21-17-14(20(28)26-32(29)6-1-7-32)9-27-18(17)19(23-11-24-27)25-15-3-2-12(22)8-16(15)31-13-4-5-30-10-13/h2-3,8-9,11,13H,1,4-7,10H2,(H,23,24,25)/t13-/m0/s1. The molecule has 0 spiro atoms. The van der Waals surface area contributed by atoms with Gasteiger partial charge in [-0.2, -0.15) is 9.46 Å². The monoisotopic (exact) mass is 479 g/mol. The van der Waals surface area contributed by atoms with E-state index in [2.05, 4.69) is 19.8 Å². The Labute approximate surface area is 188 Å². The van der Waals surface area contributed by atoms with Crippen molar-refractivity contribution in [3.05, 3.63) is 47.1 Å². The number of carbonyl (C=O) groups excluding carboxylic acids is 1. The second kappa shape index (κ2) is 8.30. The maximum absolute atomic E-state index is 13.9. The third-order valence-corrected chi connectivity index (χ3v) is 8.03. The molecule has 2 aliphatic rings. The van der Waals surface area contributed by atoms with Crippen LogP contribution in [0.15, 0.2) is 35.1 Å². The molecule has 3 aromatic rings. The Hall–Kier alpha value is -2.76. The predicted octanol–water partition coefficient (Wildman–Crippen LogP) is 3.45. The fourth-order valence-electron chi connectivity index (χ4n) is 3.51. The van der Waals surface area contributed by atoms with Gasteiger partial charge in [0, 0.05) is 30.2 Å². The fraction of sp³-hybridized carbons (Fsp3) is 0.350. The molecule has 1 aromatic carbocycles. The molecule has 2 fully saturated rings. The van der Waals surface area contributed by atoms with Gasteiger partial charge in [0.2, 0.25) is 0 Å².